The Morgan fingerprint density at radius 2 is 2.00 bits per heavy atom. The third-order valence-corrected chi connectivity index (χ3v) is 4.80. The van der Waals surface area contributed by atoms with E-state index in [-0.39, 0.29) is 18.4 Å². The number of halogens is 2. The molecule has 27 heavy (non-hydrogen) atoms. The molecule has 0 fully saturated rings. The Bertz CT molecular complexity index is 816. The highest BCUT2D eigenvalue weighted by molar-refractivity contribution is 6.35. The van der Waals surface area contributed by atoms with Gasteiger partial charge in [-0.3, -0.25) is 9.59 Å². The average molecular weight is 412 g/mol. The molecule has 8 heteroatoms. The third-order valence-electron chi connectivity index (χ3n) is 4.23. The van der Waals surface area contributed by atoms with Gasteiger partial charge in [0.05, 0.1) is 28.9 Å². The van der Waals surface area contributed by atoms with Gasteiger partial charge in [0.25, 0.3) is 0 Å². The summed E-state index contributed by atoms with van der Waals surface area (Å²) in [5, 5.41) is 7.46. The summed E-state index contributed by atoms with van der Waals surface area (Å²) in [7, 11) is 0. The number of carbonyl (C=O) groups is 2. The minimum absolute atomic E-state index is 0.0801. The number of nitrogens with one attached hydrogen (secondary N) is 1. The number of rotatable bonds is 7. The second-order valence-electron chi connectivity index (χ2n) is 6.39. The maximum Gasteiger partial charge on any atom is 0.244 e. The summed E-state index contributed by atoms with van der Waals surface area (Å²) in [6, 6.07) is 4.81. The van der Waals surface area contributed by atoms with Crippen molar-refractivity contribution in [1.29, 1.82) is 0 Å². The van der Waals surface area contributed by atoms with E-state index in [0.717, 1.165) is 12.0 Å². The molecule has 2 rings (SSSR count). The number of nitrogens with zero attached hydrogens (tertiary/aromatic N) is 2. The average Bonchev–Trinajstić information content (AvgIpc) is 2.95. The first-order valence-corrected chi connectivity index (χ1v) is 9.46. The van der Waals surface area contributed by atoms with E-state index >= 15 is 0 Å². The Morgan fingerprint density at radius 3 is 2.59 bits per heavy atom. The lowest BCUT2D eigenvalue weighted by molar-refractivity contribution is -0.135. The summed E-state index contributed by atoms with van der Waals surface area (Å²) >= 11 is 12.0. The number of amides is 2. The summed E-state index contributed by atoms with van der Waals surface area (Å²) in [5.41, 5.74) is 1.86. The van der Waals surface area contributed by atoms with Crippen molar-refractivity contribution in [2.45, 2.75) is 40.0 Å². The van der Waals surface area contributed by atoms with Crippen molar-refractivity contribution in [3.8, 4) is 0 Å². The number of hydrogen-bond acceptors (Lipinski definition) is 4. The molecule has 1 unspecified atom stereocenters. The van der Waals surface area contributed by atoms with Gasteiger partial charge in [0.1, 0.15) is 5.76 Å². The van der Waals surface area contributed by atoms with Gasteiger partial charge in [-0.05, 0) is 45.4 Å². The Kier molecular flexibility index (Phi) is 7.27. The van der Waals surface area contributed by atoms with E-state index in [1.807, 2.05) is 6.92 Å². The van der Waals surface area contributed by atoms with Crippen LogP contribution < -0.4 is 5.32 Å². The number of benzene rings is 1. The van der Waals surface area contributed by atoms with Gasteiger partial charge in [0.15, 0.2) is 0 Å². The number of hydrogen-bond donors (Lipinski definition) is 1. The lowest BCUT2D eigenvalue weighted by Gasteiger charge is -2.25. The monoisotopic (exact) mass is 411 g/mol. The van der Waals surface area contributed by atoms with E-state index in [4.69, 9.17) is 27.7 Å². The second-order valence-corrected chi connectivity index (χ2v) is 7.24. The Hall–Kier alpha value is -2.05. The van der Waals surface area contributed by atoms with Crippen LogP contribution in [0.25, 0.3) is 0 Å². The van der Waals surface area contributed by atoms with Crippen LogP contribution in [-0.2, 0) is 9.59 Å². The molecule has 1 atom stereocenters. The maximum atomic E-state index is 13.0. The first-order chi connectivity index (χ1) is 12.7. The number of aromatic nitrogens is 1. The molecule has 0 aliphatic rings. The van der Waals surface area contributed by atoms with E-state index in [9.17, 15) is 9.59 Å². The van der Waals surface area contributed by atoms with Crippen LogP contribution in [0.15, 0.2) is 22.7 Å². The van der Waals surface area contributed by atoms with Crippen LogP contribution in [-0.4, -0.2) is 35.0 Å². The fourth-order valence-electron chi connectivity index (χ4n) is 3.00. The molecule has 0 aliphatic carbocycles. The third kappa shape index (κ3) is 5.23. The number of anilines is 1. The standard InChI is InChI=1S/C19H23Cl2N3O3/c1-5-8-24(19(26)11(2)18-12(3)23-27-13(18)4)10-17(25)22-16-9-14(20)6-7-15(16)21/h6-7,9,11H,5,8,10H2,1-4H3,(H,22,25). The highest BCUT2D eigenvalue weighted by atomic mass is 35.5. The van der Waals surface area contributed by atoms with Crippen molar-refractivity contribution >= 4 is 40.7 Å². The van der Waals surface area contributed by atoms with Gasteiger partial charge in [-0.15, -0.1) is 0 Å². The van der Waals surface area contributed by atoms with E-state index in [2.05, 4.69) is 10.5 Å². The van der Waals surface area contributed by atoms with Crippen LogP contribution in [0.2, 0.25) is 10.0 Å². The Labute approximate surface area is 168 Å². The van der Waals surface area contributed by atoms with Crippen molar-refractivity contribution < 1.29 is 14.1 Å². The molecule has 0 bridgehead atoms. The van der Waals surface area contributed by atoms with E-state index < -0.39 is 5.92 Å². The minimum atomic E-state index is -0.453. The zero-order valence-corrected chi connectivity index (χ0v) is 17.3. The Morgan fingerprint density at radius 1 is 1.30 bits per heavy atom. The normalized spacial score (nSPS) is 11.9. The van der Waals surface area contributed by atoms with Gasteiger partial charge in [0.2, 0.25) is 11.8 Å². The first-order valence-electron chi connectivity index (χ1n) is 8.71. The molecular formula is C19H23Cl2N3O3. The summed E-state index contributed by atoms with van der Waals surface area (Å²) in [4.78, 5) is 27.0. The van der Waals surface area contributed by atoms with Crippen LogP contribution in [0.3, 0.4) is 0 Å². The molecule has 0 saturated heterocycles. The smallest absolute Gasteiger partial charge is 0.244 e. The van der Waals surface area contributed by atoms with Crippen LogP contribution in [0, 0.1) is 13.8 Å². The number of carbonyl (C=O) groups excluding carboxylic acids is 2. The molecule has 1 aromatic carbocycles. The summed E-state index contributed by atoms with van der Waals surface area (Å²) in [5.74, 6) is -0.337. The van der Waals surface area contributed by atoms with Crippen LogP contribution in [0.4, 0.5) is 5.69 Å². The summed E-state index contributed by atoms with van der Waals surface area (Å²) in [6.07, 6.45) is 0.727. The molecule has 1 heterocycles. The largest absolute Gasteiger partial charge is 0.361 e. The molecule has 2 amide bonds. The van der Waals surface area contributed by atoms with Crippen LogP contribution in [0.1, 0.15) is 43.2 Å². The molecule has 0 aliphatic heterocycles. The fraction of sp³-hybridized carbons (Fsp3) is 0.421. The lowest BCUT2D eigenvalue weighted by Crippen LogP contribution is -2.40. The molecule has 0 radical (unpaired) electrons. The second kappa shape index (κ2) is 9.24. The minimum Gasteiger partial charge on any atom is -0.361 e. The molecule has 0 spiro atoms. The topological polar surface area (TPSA) is 75.4 Å². The van der Waals surface area contributed by atoms with Crippen LogP contribution >= 0.6 is 23.2 Å². The first kappa shape index (κ1) is 21.3. The van der Waals surface area contributed by atoms with Crippen molar-refractivity contribution in [1.82, 2.24) is 10.1 Å². The van der Waals surface area contributed by atoms with Gasteiger partial charge in [0, 0.05) is 17.1 Å². The molecule has 2 aromatic rings. The fourth-order valence-corrected chi connectivity index (χ4v) is 3.34. The lowest BCUT2D eigenvalue weighted by atomic mass is 9.98. The van der Waals surface area contributed by atoms with Gasteiger partial charge in [-0.2, -0.15) is 0 Å². The molecule has 1 N–H and O–H groups in total. The molecule has 1 aromatic heterocycles. The van der Waals surface area contributed by atoms with Gasteiger partial charge in [-0.25, -0.2) is 0 Å². The SMILES string of the molecule is CCCN(CC(=O)Nc1cc(Cl)ccc1Cl)C(=O)C(C)c1c(C)noc1C. The number of aryl methyl sites for hydroxylation is 2. The van der Waals surface area contributed by atoms with E-state index in [1.165, 1.54) is 4.90 Å². The van der Waals surface area contributed by atoms with E-state index in [0.29, 0.717) is 33.7 Å². The highest BCUT2D eigenvalue weighted by Crippen LogP contribution is 2.26. The Balaban J connectivity index is 2.13. The zero-order valence-electron chi connectivity index (χ0n) is 15.8. The predicted octanol–water partition coefficient (Wildman–Crippen LogP) is 4.58. The van der Waals surface area contributed by atoms with Crippen molar-refractivity contribution in [2.75, 3.05) is 18.4 Å². The molecule has 0 saturated carbocycles. The molecule has 146 valence electrons. The van der Waals surface area contributed by atoms with Crippen LogP contribution in [0.5, 0.6) is 0 Å². The maximum absolute atomic E-state index is 13.0. The summed E-state index contributed by atoms with van der Waals surface area (Å²) in [6.45, 7) is 7.70. The summed E-state index contributed by atoms with van der Waals surface area (Å²) < 4.78 is 5.16. The van der Waals surface area contributed by atoms with Crippen molar-refractivity contribution in [2.24, 2.45) is 0 Å². The van der Waals surface area contributed by atoms with Gasteiger partial charge >= 0.3 is 0 Å². The predicted molar refractivity (Wildman–Crippen MR) is 106 cm³/mol. The molecule has 6 nitrogen and oxygen atoms in total. The van der Waals surface area contributed by atoms with Gasteiger partial charge < -0.3 is 14.7 Å². The quantitative estimate of drug-likeness (QED) is 0.723. The van der Waals surface area contributed by atoms with Gasteiger partial charge in [-0.1, -0.05) is 35.3 Å². The molecular weight excluding hydrogens is 389 g/mol. The van der Waals surface area contributed by atoms with E-state index in [1.54, 1.807) is 39.0 Å². The zero-order chi connectivity index (χ0) is 20.1. The van der Waals surface area contributed by atoms with Crippen molar-refractivity contribution in [3.05, 3.63) is 45.3 Å². The highest BCUT2D eigenvalue weighted by Gasteiger charge is 2.28. The van der Waals surface area contributed by atoms with Crippen molar-refractivity contribution in [3.63, 3.8) is 0 Å².